The lowest BCUT2D eigenvalue weighted by molar-refractivity contribution is 0.145. The zero-order valence-electron chi connectivity index (χ0n) is 13.7. The molecule has 0 rings (SSSR count). The molecule has 0 heterocycles. The van der Waals surface area contributed by atoms with Gasteiger partial charge in [-0.05, 0) is 33.7 Å². The lowest BCUT2D eigenvalue weighted by atomic mass is 10.2. The number of rotatable bonds is 10. The third-order valence-electron chi connectivity index (χ3n) is 3.29. The topological polar surface area (TPSA) is 48.9 Å². The second-order valence-corrected chi connectivity index (χ2v) is 4.71. The molecule has 1 unspecified atom stereocenters. The largest absolute Gasteiger partial charge is 0.382 e. The quantitative estimate of drug-likeness (QED) is 0.255. The number of nitrogens with zero attached hydrogens (tertiary/aromatic N) is 2. The zero-order chi connectivity index (χ0) is 14.5. The fraction of sp³-hybridized carbons (Fsp3) is 0.929. The number of hydrogen-bond donors (Lipinski definition) is 2. The number of hydrogen-bond acceptors (Lipinski definition) is 3. The van der Waals surface area contributed by atoms with Crippen LogP contribution >= 0.6 is 24.0 Å². The van der Waals surface area contributed by atoms with Gasteiger partial charge in [0.2, 0.25) is 0 Å². The van der Waals surface area contributed by atoms with Crippen LogP contribution in [0.5, 0.6) is 0 Å². The first kappa shape index (κ1) is 22.2. The van der Waals surface area contributed by atoms with Crippen LogP contribution in [-0.4, -0.2) is 63.8 Å². The molecule has 0 bridgehead atoms. The van der Waals surface area contributed by atoms with Gasteiger partial charge in [-0.15, -0.1) is 24.0 Å². The van der Waals surface area contributed by atoms with Gasteiger partial charge < -0.3 is 20.3 Å². The van der Waals surface area contributed by atoms with E-state index in [0.29, 0.717) is 6.04 Å². The molecule has 2 N–H and O–H groups in total. The normalized spacial score (nSPS) is 13.0. The van der Waals surface area contributed by atoms with Crippen molar-refractivity contribution in [1.82, 2.24) is 15.5 Å². The Morgan fingerprint density at radius 3 is 2.45 bits per heavy atom. The first-order valence-corrected chi connectivity index (χ1v) is 7.38. The van der Waals surface area contributed by atoms with E-state index in [-0.39, 0.29) is 24.0 Å². The highest BCUT2D eigenvalue weighted by atomic mass is 127. The standard InChI is InChI=1S/C14H32N4O.HI/c1-6-13(3)18(5)11-10-17-14(15-4)16-9-8-12-19-7-2;/h13H,6-12H2,1-5H3,(H2,15,16,17);1H. The van der Waals surface area contributed by atoms with Crippen LogP contribution in [0.15, 0.2) is 4.99 Å². The fourth-order valence-electron chi connectivity index (χ4n) is 1.63. The minimum absolute atomic E-state index is 0. The van der Waals surface area contributed by atoms with Gasteiger partial charge >= 0.3 is 0 Å². The maximum atomic E-state index is 5.29. The summed E-state index contributed by atoms with van der Waals surface area (Å²) in [5.41, 5.74) is 0. The zero-order valence-corrected chi connectivity index (χ0v) is 16.1. The van der Waals surface area contributed by atoms with Crippen molar-refractivity contribution in [2.75, 3.05) is 46.9 Å². The average molecular weight is 400 g/mol. The minimum Gasteiger partial charge on any atom is -0.382 e. The number of aliphatic imine (C=N–C) groups is 1. The highest BCUT2D eigenvalue weighted by molar-refractivity contribution is 14.0. The highest BCUT2D eigenvalue weighted by Crippen LogP contribution is 1.97. The van der Waals surface area contributed by atoms with Gasteiger partial charge in [-0.25, -0.2) is 0 Å². The Hall–Kier alpha value is -0.0800. The molecule has 0 saturated heterocycles. The SMILES string of the molecule is CCOCCCNC(=NC)NCCN(C)C(C)CC.I. The molecule has 0 radical (unpaired) electrons. The van der Waals surface area contributed by atoms with Crippen molar-refractivity contribution in [1.29, 1.82) is 0 Å². The summed E-state index contributed by atoms with van der Waals surface area (Å²) in [6, 6.07) is 0.628. The van der Waals surface area contributed by atoms with Gasteiger partial charge in [0, 0.05) is 45.9 Å². The molecular formula is C14H33IN4O. The molecule has 0 aromatic rings. The van der Waals surface area contributed by atoms with Gasteiger partial charge in [0.15, 0.2) is 5.96 Å². The second kappa shape index (κ2) is 15.3. The maximum absolute atomic E-state index is 5.29. The van der Waals surface area contributed by atoms with Crippen LogP contribution in [0, 0.1) is 0 Å². The van der Waals surface area contributed by atoms with Crippen LogP contribution in [0.1, 0.15) is 33.6 Å². The Labute approximate surface area is 141 Å². The van der Waals surface area contributed by atoms with Crippen LogP contribution in [0.25, 0.3) is 0 Å². The molecule has 0 aliphatic heterocycles. The van der Waals surface area contributed by atoms with E-state index in [4.69, 9.17) is 4.74 Å². The van der Waals surface area contributed by atoms with E-state index in [1.165, 1.54) is 6.42 Å². The highest BCUT2D eigenvalue weighted by Gasteiger charge is 2.05. The predicted molar refractivity (Wildman–Crippen MR) is 98.3 cm³/mol. The number of likely N-dealkylation sites (N-methyl/N-ethyl adjacent to an activating group) is 1. The Morgan fingerprint density at radius 2 is 1.90 bits per heavy atom. The molecule has 20 heavy (non-hydrogen) atoms. The van der Waals surface area contributed by atoms with E-state index in [1.54, 1.807) is 7.05 Å². The van der Waals surface area contributed by atoms with Gasteiger partial charge in [-0.2, -0.15) is 0 Å². The van der Waals surface area contributed by atoms with Crippen molar-refractivity contribution in [3.63, 3.8) is 0 Å². The van der Waals surface area contributed by atoms with Crippen molar-refractivity contribution < 1.29 is 4.74 Å². The van der Waals surface area contributed by atoms with Crippen molar-refractivity contribution in [3.8, 4) is 0 Å². The predicted octanol–water partition coefficient (Wildman–Crippen LogP) is 1.93. The maximum Gasteiger partial charge on any atom is 0.191 e. The average Bonchev–Trinajstić information content (AvgIpc) is 2.43. The number of ether oxygens (including phenoxy) is 1. The van der Waals surface area contributed by atoms with Crippen LogP contribution < -0.4 is 10.6 Å². The Kier molecular flexibility index (Phi) is 17.0. The van der Waals surface area contributed by atoms with Crippen molar-refractivity contribution in [3.05, 3.63) is 0 Å². The van der Waals surface area contributed by atoms with Crippen molar-refractivity contribution in [2.45, 2.75) is 39.7 Å². The third-order valence-corrected chi connectivity index (χ3v) is 3.29. The summed E-state index contributed by atoms with van der Waals surface area (Å²) in [5.74, 6) is 0.869. The van der Waals surface area contributed by atoms with E-state index in [1.807, 2.05) is 6.92 Å². The molecule has 122 valence electrons. The number of halogens is 1. The Balaban J connectivity index is 0. The van der Waals surface area contributed by atoms with Gasteiger partial charge in [-0.1, -0.05) is 6.92 Å². The summed E-state index contributed by atoms with van der Waals surface area (Å²) in [5, 5.41) is 6.61. The molecule has 0 aliphatic carbocycles. The molecule has 0 amide bonds. The van der Waals surface area contributed by atoms with Gasteiger partial charge in [-0.3, -0.25) is 4.99 Å². The molecule has 5 nitrogen and oxygen atoms in total. The molecule has 0 aliphatic rings. The van der Waals surface area contributed by atoms with Crippen molar-refractivity contribution >= 4 is 29.9 Å². The lowest BCUT2D eigenvalue weighted by Crippen LogP contribution is -2.42. The fourth-order valence-corrected chi connectivity index (χ4v) is 1.63. The molecule has 1 atom stereocenters. The summed E-state index contributed by atoms with van der Waals surface area (Å²) in [6.45, 7) is 10.9. The van der Waals surface area contributed by atoms with E-state index < -0.39 is 0 Å². The molecule has 0 saturated carbocycles. The second-order valence-electron chi connectivity index (χ2n) is 4.71. The van der Waals surface area contributed by atoms with Crippen LogP contribution in [0.3, 0.4) is 0 Å². The lowest BCUT2D eigenvalue weighted by Gasteiger charge is -2.23. The molecule has 0 fully saturated rings. The molecule has 0 aromatic heterocycles. The van der Waals surface area contributed by atoms with Gasteiger partial charge in [0.1, 0.15) is 0 Å². The number of nitrogens with one attached hydrogen (secondary N) is 2. The molecule has 0 aromatic carbocycles. The third kappa shape index (κ3) is 11.7. The van der Waals surface area contributed by atoms with Crippen LogP contribution in [0.2, 0.25) is 0 Å². The molecular weight excluding hydrogens is 367 g/mol. The van der Waals surface area contributed by atoms with Gasteiger partial charge in [0.25, 0.3) is 0 Å². The summed E-state index contributed by atoms with van der Waals surface area (Å²) in [7, 11) is 3.96. The van der Waals surface area contributed by atoms with Crippen molar-refractivity contribution in [2.24, 2.45) is 4.99 Å². The molecule has 6 heteroatoms. The minimum atomic E-state index is 0. The van der Waals surface area contributed by atoms with E-state index in [0.717, 1.165) is 45.2 Å². The van der Waals surface area contributed by atoms with Gasteiger partial charge in [0.05, 0.1) is 0 Å². The van der Waals surface area contributed by atoms with E-state index in [9.17, 15) is 0 Å². The number of guanidine groups is 1. The Morgan fingerprint density at radius 1 is 1.25 bits per heavy atom. The summed E-state index contributed by atoms with van der Waals surface area (Å²) in [4.78, 5) is 6.56. The molecule has 0 spiro atoms. The van der Waals surface area contributed by atoms with E-state index in [2.05, 4.69) is 41.4 Å². The first-order chi connectivity index (χ1) is 9.15. The van der Waals surface area contributed by atoms with Crippen LogP contribution in [0.4, 0.5) is 0 Å². The summed E-state index contributed by atoms with van der Waals surface area (Å²) >= 11 is 0. The Bertz CT molecular complexity index is 239. The van der Waals surface area contributed by atoms with E-state index >= 15 is 0 Å². The monoisotopic (exact) mass is 400 g/mol. The summed E-state index contributed by atoms with van der Waals surface area (Å²) < 4.78 is 5.29. The van der Waals surface area contributed by atoms with Crippen LogP contribution in [-0.2, 0) is 4.74 Å². The first-order valence-electron chi connectivity index (χ1n) is 7.38. The summed E-state index contributed by atoms with van der Waals surface area (Å²) in [6.07, 6.45) is 2.18. The smallest absolute Gasteiger partial charge is 0.191 e.